The third-order valence-corrected chi connectivity index (χ3v) is 2.47. The number of hydrogen-bond acceptors (Lipinski definition) is 10. The molecule has 0 aromatic heterocycles. The first-order valence-electron chi connectivity index (χ1n) is 10.1. The van der Waals surface area contributed by atoms with Crippen LogP contribution in [0.2, 0.25) is 0 Å². The van der Waals surface area contributed by atoms with E-state index in [0.29, 0.717) is 13.2 Å². The molecule has 29 heavy (non-hydrogen) atoms. The van der Waals surface area contributed by atoms with Crippen molar-refractivity contribution in [3.05, 3.63) is 0 Å². The minimum Gasteiger partial charge on any atom is -0.432 e. The van der Waals surface area contributed by atoms with Gasteiger partial charge >= 0.3 is 12.3 Å². The van der Waals surface area contributed by atoms with Crippen molar-refractivity contribution in [2.45, 2.75) is 47.6 Å². The van der Waals surface area contributed by atoms with Crippen LogP contribution in [0.4, 0.5) is 9.59 Å². The first kappa shape index (κ1) is 32.1. The fraction of sp³-hybridized carbons (Fsp3) is 0.895. The van der Waals surface area contributed by atoms with Gasteiger partial charge in [0.2, 0.25) is 0 Å². The van der Waals surface area contributed by atoms with Gasteiger partial charge in [-0.05, 0) is 13.8 Å². The molecule has 0 spiro atoms. The van der Waals surface area contributed by atoms with Crippen LogP contribution >= 0.6 is 0 Å². The number of aliphatic hydroxyl groups is 1. The van der Waals surface area contributed by atoms with Gasteiger partial charge in [-0.3, -0.25) is 0 Å². The van der Waals surface area contributed by atoms with Crippen molar-refractivity contribution < 1.29 is 47.9 Å². The summed E-state index contributed by atoms with van der Waals surface area (Å²) in [6, 6.07) is 0. The van der Waals surface area contributed by atoms with Gasteiger partial charge in [-0.2, -0.15) is 0 Å². The van der Waals surface area contributed by atoms with Gasteiger partial charge in [0.25, 0.3) is 0 Å². The van der Waals surface area contributed by atoms with E-state index >= 15 is 0 Å². The molecule has 0 saturated carbocycles. The normalized spacial score (nSPS) is 10.4. The van der Waals surface area contributed by atoms with Gasteiger partial charge in [0.05, 0.1) is 39.1 Å². The lowest BCUT2D eigenvalue weighted by molar-refractivity contribution is -0.0393. The van der Waals surface area contributed by atoms with Crippen molar-refractivity contribution in [2.75, 3.05) is 66.1 Å². The minimum absolute atomic E-state index is 0.0354. The summed E-state index contributed by atoms with van der Waals surface area (Å²) in [7, 11) is 0. The Balaban J connectivity index is -0.00000158. The smallest absolute Gasteiger partial charge is 0.432 e. The number of rotatable bonds is 15. The summed E-state index contributed by atoms with van der Waals surface area (Å²) in [5, 5.41) is 8.45. The third kappa shape index (κ3) is 28.7. The molecule has 1 atom stereocenters. The van der Waals surface area contributed by atoms with Gasteiger partial charge < -0.3 is 38.3 Å². The zero-order chi connectivity index (χ0) is 22.8. The Morgan fingerprint density at radius 2 is 1.17 bits per heavy atom. The summed E-state index contributed by atoms with van der Waals surface area (Å²) in [5.74, 6) is 0. The molecule has 0 bridgehead atoms. The standard InChI is InChI=1S/C15H28O10.2C2H6/c1-3-19-6-8-23-15(18)25-11-10-21-13(2)12-20-7-9-24-14(17)22-5-4-16;2*1-2/h13,16H,3-12H2,1-2H3;2*1-2H3. The Bertz CT molecular complexity index is 339. The topological polar surface area (TPSA) is 119 Å². The average Bonchev–Trinajstić information content (AvgIpc) is 2.75. The van der Waals surface area contributed by atoms with Crippen molar-refractivity contribution >= 4 is 12.3 Å². The van der Waals surface area contributed by atoms with Crippen molar-refractivity contribution in [3.8, 4) is 0 Å². The van der Waals surface area contributed by atoms with E-state index in [1.165, 1.54) is 0 Å². The lowest BCUT2D eigenvalue weighted by Crippen LogP contribution is -2.22. The molecule has 0 aliphatic rings. The molecule has 10 nitrogen and oxygen atoms in total. The van der Waals surface area contributed by atoms with Gasteiger partial charge in [-0.25, -0.2) is 9.59 Å². The largest absolute Gasteiger partial charge is 0.508 e. The Morgan fingerprint density at radius 1 is 0.724 bits per heavy atom. The molecule has 176 valence electrons. The number of ether oxygens (including phenoxy) is 7. The summed E-state index contributed by atoms with van der Waals surface area (Å²) >= 11 is 0. The molecule has 1 unspecified atom stereocenters. The molecule has 0 aliphatic heterocycles. The number of aliphatic hydroxyl groups excluding tert-OH is 1. The lowest BCUT2D eigenvalue weighted by Gasteiger charge is -2.13. The molecule has 10 heteroatoms. The van der Waals surface area contributed by atoms with Gasteiger partial charge in [0.15, 0.2) is 0 Å². The minimum atomic E-state index is -0.854. The number of carbonyl (C=O) groups excluding carboxylic acids is 2. The summed E-state index contributed by atoms with van der Waals surface area (Å²) in [5.41, 5.74) is 0. The fourth-order valence-corrected chi connectivity index (χ4v) is 1.40. The Morgan fingerprint density at radius 3 is 1.66 bits per heavy atom. The van der Waals surface area contributed by atoms with Crippen LogP contribution in [-0.4, -0.2) is 89.6 Å². The molecule has 0 aromatic rings. The second kappa shape index (κ2) is 28.6. The molecule has 1 N–H and O–H groups in total. The highest BCUT2D eigenvalue weighted by atomic mass is 16.7. The van der Waals surface area contributed by atoms with Crippen LogP contribution in [0.25, 0.3) is 0 Å². The zero-order valence-electron chi connectivity index (χ0n) is 18.8. The maximum Gasteiger partial charge on any atom is 0.508 e. The first-order chi connectivity index (χ1) is 14.1. The molecule has 0 fully saturated rings. The summed E-state index contributed by atoms with van der Waals surface area (Å²) in [4.78, 5) is 22.1. The summed E-state index contributed by atoms with van der Waals surface area (Å²) in [6.45, 7) is 13.1. The molecular formula is C19H40O10. The van der Waals surface area contributed by atoms with Gasteiger partial charge in [0, 0.05) is 6.61 Å². The highest BCUT2D eigenvalue weighted by Crippen LogP contribution is 1.94. The molecule has 0 radical (unpaired) electrons. The van der Waals surface area contributed by atoms with Crippen LogP contribution < -0.4 is 0 Å². The predicted molar refractivity (Wildman–Crippen MR) is 107 cm³/mol. The molecule has 0 aliphatic carbocycles. The second-order valence-corrected chi connectivity index (χ2v) is 4.57. The van der Waals surface area contributed by atoms with Crippen LogP contribution in [0.5, 0.6) is 0 Å². The molecule has 0 aromatic carbocycles. The molecular weight excluding hydrogens is 388 g/mol. The zero-order valence-corrected chi connectivity index (χ0v) is 18.8. The van der Waals surface area contributed by atoms with Crippen LogP contribution in [-0.2, 0) is 33.2 Å². The van der Waals surface area contributed by atoms with Crippen molar-refractivity contribution in [1.29, 1.82) is 0 Å². The first-order valence-corrected chi connectivity index (χ1v) is 10.1. The Kier molecular flexibility index (Phi) is 31.6. The number of hydrogen-bond donors (Lipinski definition) is 1. The van der Waals surface area contributed by atoms with E-state index in [1.54, 1.807) is 6.92 Å². The van der Waals surface area contributed by atoms with E-state index in [0.717, 1.165) is 0 Å². The van der Waals surface area contributed by atoms with E-state index in [2.05, 4.69) is 9.47 Å². The summed E-state index contributed by atoms with van der Waals surface area (Å²) < 4.78 is 34.4. The monoisotopic (exact) mass is 428 g/mol. The Labute approximate surface area is 174 Å². The maximum absolute atomic E-state index is 11.2. The van der Waals surface area contributed by atoms with E-state index < -0.39 is 12.3 Å². The quantitative estimate of drug-likeness (QED) is 0.308. The SMILES string of the molecule is CC.CC.CCOCCOC(=O)OCCOC(C)COCCOC(=O)OCCO. The van der Waals surface area contributed by atoms with Gasteiger partial charge in [-0.15, -0.1) is 0 Å². The number of carbonyl (C=O) groups is 2. The van der Waals surface area contributed by atoms with E-state index in [9.17, 15) is 9.59 Å². The summed E-state index contributed by atoms with van der Waals surface area (Å²) in [6.07, 6.45) is -1.84. The molecule has 0 amide bonds. The molecule has 0 heterocycles. The predicted octanol–water partition coefficient (Wildman–Crippen LogP) is 2.80. The highest BCUT2D eigenvalue weighted by Gasteiger charge is 2.07. The van der Waals surface area contributed by atoms with E-state index in [-0.39, 0.29) is 59.0 Å². The van der Waals surface area contributed by atoms with Gasteiger partial charge in [-0.1, -0.05) is 27.7 Å². The van der Waals surface area contributed by atoms with Gasteiger partial charge in [0.1, 0.15) is 26.4 Å². The second-order valence-electron chi connectivity index (χ2n) is 4.57. The average molecular weight is 429 g/mol. The fourth-order valence-electron chi connectivity index (χ4n) is 1.40. The highest BCUT2D eigenvalue weighted by molar-refractivity contribution is 5.60. The van der Waals surface area contributed by atoms with Crippen LogP contribution in [0.3, 0.4) is 0 Å². The lowest BCUT2D eigenvalue weighted by atomic mass is 10.4. The van der Waals surface area contributed by atoms with E-state index in [4.69, 9.17) is 28.8 Å². The maximum atomic E-state index is 11.2. The van der Waals surface area contributed by atoms with Crippen molar-refractivity contribution in [3.63, 3.8) is 0 Å². The Hall–Kier alpha value is -1.62. The molecule has 0 saturated heterocycles. The van der Waals surface area contributed by atoms with Crippen molar-refractivity contribution in [1.82, 2.24) is 0 Å². The van der Waals surface area contributed by atoms with Crippen LogP contribution in [0.1, 0.15) is 41.5 Å². The van der Waals surface area contributed by atoms with E-state index in [1.807, 2.05) is 34.6 Å². The van der Waals surface area contributed by atoms with Crippen LogP contribution in [0.15, 0.2) is 0 Å². The third-order valence-electron chi connectivity index (χ3n) is 2.47. The van der Waals surface area contributed by atoms with Crippen LogP contribution in [0, 0.1) is 0 Å². The molecule has 0 rings (SSSR count). The van der Waals surface area contributed by atoms with Crippen molar-refractivity contribution in [2.24, 2.45) is 0 Å².